The van der Waals surface area contributed by atoms with Crippen LogP contribution in [0.15, 0.2) is 55.0 Å². The van der Waals surface area contributed by atoms with Crippen molar-refractivity contribution in [1.82, 2.24) is 20.2 Å². The van der Waals surface area contributed by atoms with Crippen molar-refractivity contribution >= 4 is 5.91 Å². The highest BCUT2D eigenvalue weighted by molar-refractivity contribution is 5.93. The Balaban J connectivity index is 0.000000534. The highest BCUT2D eigenvalue weighted by atomic mass is 19.4. The van der Waals surface area contributed by atoms with E-state index in [-0.39, 0.29) is 11.7 Å². The van der Waals surface area contributed by atoms with Gasteiger partial charge in [-0.1, -0.05) is 12.1 Å². The molecule has 1 unspecified atom stereocenters. The van der Waals surface area contributed by atoms with Crippen LogP contribution in [-0.4, -0.2) is 47.0 Å². The number of hydrogen-bond donors (Lipinski definition) is 3. The third-order valence-electron chi connectivity index (χ3n) is 4.50. The number of benzene rings is 1. The molecular weight excluding hydrogens is 423 g/mol. The number of alkyl halides is 3. The predicted octanol–water partition coefficient (Wildman–Crippen LogP) is 2.27. The van der Waals surface area contributed by atoms with Gasteiger partial charge in [-0.3, -0.25) is 9.78 Å². The summed E-state index contributed by atoms with van der Waals surface area (Å²) in [6.45, 7) is 1.02. The van der Waals surface area contributed by atoms with Crippen molar-refractivity contribution in [3.63, 3.8) is 0 Å². The van der Waals surface area contributed by atoms with Gasteiger partial charge in [-0.2, -0.15) is 18.4 Å². The zero-order chi connectivity index (χ0) is 23.7. The molecule has 11 heteroatoms. The SMILES string of the molecule is CN(N)/C=C\N.N#CN1CCC(NC(=O)c2cc(-c3cccc(C(F)(F)F)c3)ccn2)C1. The number of rotatable bonds is 4. The van der Waals surface area contributed by atoms with E-state index in [0.29, 0.717) is 30.6 Å². The highest BCUT2D eigenvalue weighted by Gasteiger charge is 2.30. The maximum Gasteiger partial charge on any atom is 0.416 e. The molecule has 3 rings (SSSR count). The molecule has 2 aromatic rings. The van der Waals surface area contributed by atoms with E-state index in [1.54, 1.807) is 30.3 Å². The maximum atomic E-state index is 12.9. The van der Waals surface area contributed by atoms with E-state index in [0.717, 1.165) is 12.1 Å². The van der Waals surface area contributed by atoms with Gasteiger partial charge >= 0.3 is 6.18 Å². The average molecular weight is 447 g/mol. The van der Waals surface area contributed by atoms with E-state index in [9.17, 15) is 18.0 Å². The molecule has 2 heterocycles. The number of carbonyl (C=O) groups excluding carboxylic acids is 1. The van der Waals surface area contributed by atoms with Crippen LogP contribution in [0.4, 0.5) is 13.2 Å². The Morgan fingerprint density at radius 1 is 1.34 bits per heavy atom. The summed E-state index contributed by atoms with van der Waals surface area (Å²) in [6, 6.07) is 7.78. The van der Waals surface area contributed by atoms with Crippen LogP contribution >= 0.6 is 0 Å². The normalized spacial score (nSPS) is 15.6. The number of hydrazine groups is 1. The third-order valence-corrected chi connectivity index (χ3v) is 4.50. The number of likely N-dealkylation sites (tertiary alicyclic amines) is 1. The summed E-state index contributed by atoms with van der Waals surface area (Å²) in [7, 11) is 1.70. The largest absolute Gasteiger partial charge is 0.416 e. The first-order chi connectivity index (χ1) is 15.1. The molecule has 8 nitrogen and oxygen atoms in total. The van der Waals surface area contributed by atoms with E-state index in [2.05, 4.69) is 10.3 Å². The van der Waals surface area contributed by atoms with Crippen molar-refractivity contribution in [2.24, 2.45) is 11.6 Å². The molecule has 0 aliphatic carbocycles. The summed E-state index contributed by atoms with van der Waals surface area (Å²) in [5, 5.41) is 13.0. The Morgan fingerprint density at radius 2 is 2.06 bits per heavy atom. The Hall–Kier alpha value is -3.78. The molecule has 1 fully saturated rings. The van der Waals surface area contributed by atoms with Crippen LogP contribution in [0.25, 0.3) is 11.1 Å². The van der Waals surface area contributed by atoms with E-state index >= 15 is 0 Å². The van der Waals surface area contributed by atoms with Gasteiger partial charge < -0.3 is 21.0 Å². The Labute approximate surface area is 183 Å². The number of amides is 1. The summed E-state index contributed by atoms with van der Waals surface area (Å²) in [4.78, 5) is 17.9. The predicted molar refractivity (Wildman–Crippen MR) is 113 cm³/mol. The fourth-order valence-corrected chi connectivity index (χ4v) is 2.97. The first-order valence-corrected chi connectivity index (χ1v) is 9.59. The van der Waals surface area contributed by atoms with Crippen molar-refractivity contribution in [3.8, 4) is 17.3 Å². The molecule has 1 saturated heterocycles. The first-order valence-electron chi connectivity index (χ1n) is 9.59. The zero-order valence-corrected chi connectivity index (χ0v) is 17.4. The van der Waals surface area contributed by atoms with Crippen LogP contribution in [0, 0.1) is 11.5 Å². The zero-order valence-electron chi connectivity index (χ0n) is 17.4. The third kappa shape index (κ3) is 7.17. The summed E-state index contributed by atoms with van der Waals surface area (Å²) in [5.41, 5.74) is 5.13. The molecular formula is C21H24F3N7O. The molecule has 0 spiro atoms. The number of pyridine rings is 1. The second kappa shape index (κ2) is 11.0. The molecule has 170 valence electrons. The molecule has 0 bridgehead atoms. The number of nitrogens with one attached hydrogen (secondary N) is 1. The molecule has 0 saturated carbocycles. The van der Waals surface area contributed by atoms with Crippen LogP contribution in [0.3, 0.4) is 0 Å². The quantitative estimate of drug-likeness (QED) is 0.373. The lowest BCUT2D eigenvalue weighted by Crippen LogP contribution is -2.36. The van der Waals surface area contributed by atoms with Gasteiger partial charge in [0, 0.05) is 44.8 Å². The minimum Gasteiger partial charge on any atom is -0.403 e. The molecule has 1 aliphatic rings. The minimum absolute atomic E-state index is 0.121. The van der Waals surface area contributed by atoms with Crippen LogP contribution < -0.4 is 16.9 Å². The number of aromatic nitrogens is 1. The summed E-state index contributed by atoms with van der Waals surface area (Å²) in [6.07, 6.45) is 2.58. The van der Waals surface area contributed by atoms with Crippen molar-refractivity contribution in [1.29, 1.82) is 5.26 Å². The molecule has 1 aliphatic heterocycles. The summed E-state index contributed by atoms with van der Waals surface area (Å²) in [5.74, 6) is 4.66. The van der Waals surface area contributed by atoms with Gasteiger partial charge in [0.2, 0.25) is 0 Å². The second-order valence-corrected chi connectivity index (χ2v) is 7.02. The van der Waals surface area contributed by atoms with Crippen molar-refractivity contribution in [2.75, 3.05) is 20.1 Å². The van der Waals surface area contributed by atoms with E-state index < -0.39 is 17.6 Å². The lowest BCUT2D eigenvalue weighted by Gasteiger charge is -2.13. The van der Waals surface area contributed by atoms with Crippen molar-refractivity contribution < 1.29 is 18.0 Å². The van der Waals surface area contributed by atoms with Crippen molar-refractivity contribution in [3.05, 3.63) is 66.3 Å². The van der Waals surface area contributed by atoms with E-state index in [1.165, 1.54) is 29.5 Å². The molecule has 5 N–H and O–H groups in total. The molecule has 1 atom stereocenters. The van der Waals surface area contributed by atoms with Gasteiger partial charge in [0.15, 0.2) is 6.19 Å². The fraction of sp³-hybridized carbons (Fsp3) is 0.286. The second-order valence-electron chi connectivity index (χ2n) is 7.02. The number of nitrogens with two attached hydrogens (primary N) is 2. The van der Waals surface area contributed by atoms with Crippen LogP contribution in [0.5, 0.6) is 0 Å². The van der Waals surface area contributed by atoms with E-state index in [4.69, 9.17) is 16.8 Å². The lowest BCUT2D eigenvalue weighted by atomic mass is 10.0. The van der Waals surface area contributed by atoms with Crippen molar-refractivity contribution in [2.45, 2.75) is 18.6 Å². The Kier molecular flexibility index (Phi) is 8.43. The summed E-state index contributed by atoms with van der Waals surface area (Å²) < 4.78 is 38.6. The first kappa shape index (κ1) is 24.5. The number of nitrogens with zero attached hydrogens (tertiary/aromatic N) is 4. The molecule has 1 amide bonds. The fourth-order valence-electron chi connectivity index (χ4n) is 2.97. The number of carbonyl (C=O) groups is 1. The molecule has 0 radical (unpaired) electrons. The van der Waals surface area contributed by atoms with Gasteiger partial charge in [0.05, 0.1) is 5.56 Å². The minimum atomic E-state index is -4.43. The average Bonchev–Trinajstić information content (AvgIpc) is 3.21. The molecule has 32 heavy (non-hydrogen) atoms. The van der Waals surface area contributed by atoms with Gasteiger partial charge in [0.25, 0.3) is 5.91 Å². The number of halogens is 3. The smallest absolute Gasteiger partial charge is 0.403 e. The van der Waals surface area contributed by atoms with E-state index in [1.807, 2.05) is 6.19 Å². The Morgan fingerprint density at radius 3 is 2.62 bits per heavy atom. The van der Waals surface area contributed by atoms with Gasteiger partial charge in [-0.05, 0) is 41.8 Å². The van der Waals surface area contributed by atoms with Gasteiger partial charge in [0.1, 0.15) is 5.69 Å². The molecule has 1 aromatic carbocycles. The standard InChI is InChI=1S/C18H15F3N4O.C3H9N3/c19-18(20,21)14-3-1-2-12(8-14)13-4-6-23-16(9-13)17(26)24-15-5-7-25(10-15)11-22;1-6(5)3-2-4/h1-4,6,8-9,15H,5,7,10H2,(H,24,26);2-3H,4-5H2,1H3/b;3-2-. The summed E-state index contributed by atoms with van der Waals surface area (Å²) >= 11 is 0. The number of nitriles is 1. The van der Waals surface area contributed by atoms with Crippen LogP contribution in [0.1, 0.15) is 22.5 Å². The van der Waals surface area contributed by atoms with Crippen LogP contribution in [0.2, 0.25) is 0 Å². The van der Waals surface area contributed by atoms with Crippen LogP contribution in [-0.2, 0) is 6.18 Å². The number of hydrogen-bond acceptors (Lipinski definition) is 7. The lowest BCUT2D eigenvalue weighted by molar-refractivity contribution is -0.137. The maximum absolute atomic E-state index is 12.9. The topological polar surface area (TPSA) is 124 Å². The monoisotopic (exact) mass is 447 g/mol. The van der Waals surface area contributed by atoms with Gasteiger partial charge in [-0.25, -0.2) is 5.84 Å². The Bertz CT molecular complexity index is 986. The molecule has 1 aromatic heterocycles. The van der Waals surface area contributed by atoms with Gasteiger partial charge in [-0.15, -0.1) is 0 Å². The highest BCUT2D eigenvalue weighted by Crippen LogP contribution is 2.32.